The van der Waals surface area contributed by atoms with Gasteiger partial charge in [0.1, 0.15) is 5.82 Å². The van der Waals surface area contributed by atoms with Gasteiger partial charge in [0.25, 0.3) is 0 Å². The fourth-order valence-electron chi connectivity index (χ4n) is 3.20. The van der Waals surface area contributed by atoms with Gasteiger partial charge in [-0.25, -0.2) is 9.18 Å². The van der Waals surface area contributed by atoms with Crippen LogP contribution in [0.3, 0.4) is 0 Å². The summed E-state index contributed by atoms with van der Waals surface area (Å²) in [7, 11) is 0. The molecule has 0 bridgehead atoms. The Bertz CT molecular complexity index is 661. The molecule has 0 radical (unpaired) electrons. The second kappa shape index (κ2) is 6.48. The van der Waals surface area contributed by atoms with E-state index >= 15 is 0 Å². The summed E-state index contributed by atoms with van der Waals surface area (Å²) in [6, 6.07) is 2.32. The highest BCUT2D eigenvalue weighted by atomic mass is 19.4. The number of benzene rings is 1. The molecule has 25 heavy (non-hydrogen) atoms. The number of anilines is 1. The number of halogens is 4. The minimum absolute atomic E-state index is 0.0678. The van der Waals surface area contributed by atoms with E-state index in [-0.39, 0.29) is 30.3 Å². The topological polar surface area (TPSA) is 41.6 Å². The summed E-state index contributed by atoms with van der Waals surface area (Å²) >= 11 is 0. The first-order valence-corrected chi connectivity index (χ1v) is 8.33. The van der Waals surface area contributed by atoms with Gasteiger partial charge >= 0.3 is 12.2 Å². The third-order valence-corrected chi connectivity index (χ3v) is 4.99. The Morgan fingerprint density at radius 2 is 2.08 bits per heavy atom. The van der Waals surface area contributed by atoms with Crippen molar-refractivity contribution >= 4 is 11.7 Å². The molecule has 1 fully saturated rings. The number of amides is 2. The van der Waals surface area contributed by atoms with Gasteiger partial charge in [-0.05, 0) is 43.9 Å². The molecule has 1 heterocycles. The van der Waals surface area contributed by atoms with Crippen molar-refractivity contribution in [2.75, 3.05) is 25.0 Å². The van der Waals surface area contributed by atoms with Crippen LogP contribution in [0.1, 0.15) is 31.7 Å². The van der Waals surface area contributed by atoms with Gasteiger partial charge in [-0.1, -0.05) is 6.42 Å². The molecule has 1 aromatic carbocycles. The standard InChI is InChI=1S/C17H20F4N2O2/c1-2-23-10-16(17(19,20)21,25-9-11-4-3-5-11)13-8-12(18)6-7-14(13)22-15(23)24/h6-8,11H,2-5,9-10H2,1H3,(H,22,24)/t16-/m1/s1. The molecule has 2 aliphatic rings. The Balaban J connectivity index is 2.10. The van der Waals surface area contributed by atoms with Crippen LogP contribution in [0.2, 0.25) is 0 Å². The molecule has 1 aliphatic heterocycles. The zero-order valence-electron chi connectivity index (χ0n) is 13.8. The number of nitrogens with zero attached hydrogens (tertiary/aromatic N) is 1. The molecule has 2 amide bonds. The number of alkyl halides is 3. The number of nitrogens with one attached hydrogen (secondary N) is 1. The zero-order valence-corrected chi connectivity index (χ0v) is 13.8. The first kappa shape index (κ1) is 18.0. The van der Waals surface area contributed by atoms with Crippen LogP contribution in [0.4, 0.5) is 28.0 Å². The lowest BCUT2D eigenvalue weighted by Crippen LogP contribution is -2.53. The molecule has 1 aromatic rings. The van der Waals surface area contributed by atoms with Crippen LogP contribution in [-0.2, 0) is 10.3 Å². The summed E-state index contributed by atoms with van der Waals surface area (Å²) < 4.78 is 61.8. The Morgan fingerprint density at radius 3 is 2.64 bits per heavy atom. The maximum atomic E-state index is 14.2. The Morgan fingerprint density at radius 1 is 1.36 bits per heavy atom. The molecule has 1 saturated carbocycles. The third kappa shape index (κ3) is 3.19. The monoisotopic (exact) mass is 360 g/mol. The number of rotatable bonds is 4. The molecule has 0 saturated heterocycles. The lowest BCUT2D eigenvalue weighted by atomic mass is 9.85. The number of urea groups is 1. The van der Waals surface area contributed by atoms with Crippen LogP contribution < -0.4 is 5.32 Å². The maximum absolute atomic E-state index is 14.2. The predicted molar refractivity (Wildman–Crippen MR) is 83.7 cm³/mol. The highest BCUT2D eigenvalue weighted by molar-refractivity contribution is 5.91. The summed E-state index contributed by atoms with van der Waals surface area (Å²) in [5, 5.41) is 2.43. The number of likely N-dealkylation sites (N-methyl/N-ethyl adjacent to an activating group) is 1. The van der Waals surface area contributed by atoms with E-state index in [9.17, 15) is 22.4 Å². The van der Waals surface area contributed by atoms with Gasteiger partial charge in [0.15, 0.2) is 0 Å². The van der Waals surface area contributed by atoms with Gasteiger partial charge in [0.05, 0.1) is 13.2 Å². The largest absolute Gasteiger partial charge is 0.423 e. The van der Waals surface area contributed by atoms with Crippen LogP contribution in [0.25, 0.3) is 0 Å². The minimum atomic E-state index is -4.81. The number of carbonyl (C=O) groups excluding carboxylic acids is 1. The molecule has 8 heteroatoms. The Kier molecular flexibility index (Phi) is 4.66. The maximum Gasteiger partial charge on any atom is 0.423 e. The number of ether oxygens (including phenoxy) is 1. The first-order chi connectivity index (χ1) is 11.8. The van der Waals surface area contributed by atoms with E-state index in [0.29, 0.717) is 0 Å². The van der Waals surface area contributed by atoms with Gasteiger partial charge in [0.2, 0.25) is 5.60 Å². The van der Waals surface area contributed by atoms with Crippen molar-refractivity contribution in [1.82, 2.24) is 4.90 Å². The molecule has 138 valence electrons. The van der Waals surface area contributed by atoms with E-state index in [1.54, 1.807) is 6.92 Å². The smallest absolute Gasteiger partial charge is 0.359 e. The summed E-state index contributed by atoms with van der Waals surface area (Å²) in [5.74, 6) is -0.739. The normalized spacial score (nSPS) is 24.4. The molecule has 4 nitrogen and oxygen atoms in total. The van der Waals surface area contributed by atoms with Crippen LogP contribution in [-0.4, -0.2) is 36.8 Å². The van der Waals surface area contributed by atoms with Gasteiger partial charge in [-0.3, -0.25) is 0 Å². The van der Waals surface area contributed by atoms with Crippen molar-refractivity contribution in [3.05, 3.63) is 29.6 Å². The van der Waals surface area contributed by atoms with E-state index in [1.807, 2.05) is 0 Å². The fraction of sp³-hybridized carbons (Fsp3) is 0.588. The summed E-state index contributed by atoms with van der Waals surface area (Å²) in [6.45, 7) is 0.888. The molecule has 3 rings (SSSR count). The third-order valence-electron chi connectivity index (χ3n) is 4.99. The van der Waals surface area contributed by atoms with Crippen LogP contribution in [0.5, 0.6) is 0 Å². The molecule has 1 aliphatic carbocycles. The predicted octanol–water partition coefficient (Wildman–Crippen LogP) is 4.27. The second-order valence-electron chi connectivity index (χ2n) is 6.57. The molecule has 0 unspecified atom stereocenters. The summed E-state index contributed by atoms with van der Waals surface area (Å²) in [4.78, 5) is 13.2. The van der Waals surface area contributed by atoms with Crippen molar-refractivity contribution in [2.45, 2.75) is 38.0 Å². The van der Waals surface area contributed by atoms with Crippen molar-refractivity contribution in [1.29, 1.82) is 0 Å². The van der Waals surface area contributed by atoms with E-state index in [2.05, 4.69) is 5.32 Å². The molecular formula is C17H20F4N2O2. The highest BCUT2D eigenvalue weighted by Gasteiger charge is 2.60. The van der Waals surface area contributed by atoms with Gasteiger partial charge in [-0.15, -0.1) is 0 Å². The lowest BCUT2D eigenvalue weighted by molar-refractivity contribution is -0.291. The molecule has 1 N–H and O–H groups in total. The highest BCUT2D eigenvalue weighted by Crippen LogP contribution is 2.48. The average Bonchev–Trinajstić information content (AvgIpc) is 2.60. The first-order valence-electron chi connectivity index (χ1n) is 8.33. The Labute approximate surface area is 143 Å². The van der Waals surface area contributed by atoms with Crippen LogP contribution in [0.15, 0.2) is 18.2 Å². The average molecular weight is 360 g/mol. The number of carbonyl (C=O) groups is 1. The number of fused-ring (bicyclic) bond motifs is 1. The molecule has 0 aromatic heterocycles. The van der Waals surface area contributed by atoms with Gasteiger partial charge < -0.3 is 15.0 Å². The van der Waals surface area contributed by atoms with Crippen molar-refractivity contribution in [3.8, 4) is 0 Å². The van der Waals surface area contributed by atoms with Crippen molar-refractivity contribution in [3.63, 3.8) is 0 Å². The summed E-state index contributed by atoms with van der Waals surface area (Å²) in [6.07, 6.45) is -2.20. The summed E-state index contributed by atoms with van der Waals surface area (Å²) in [5.41, 5.74) is -3.22. The van der Waals surface area contributed by atoms with Crippen molar-refractivity contribution in [2.24, 2.45) is 5.92 Å². The SMILES string of the molecule is CCN1C[C@](OCC2CCC2)(C(F)(F)F)c2cc(F)ccc2NC1=O. The molecule has 1 atom stereocenters. The fourth-order valence-corrected chi connectivity index (χ4v) is 3.20. The minimum Gasteiger partial charge on any atom is -0.359 e. The molecule has 0 spiro atoms. The van der Waals surface area contributed by atoms with E-state index in [0.717, 1.165) is 42.4 Å². The van der Waals surface area contributed by atoms with E-state index in [1.165, 1.54) is 0 Å². The Hall–Kier alpha value is -1.83. The van der Waals surface area contributed by atoms with Gasteiger partial charge in [-0.2, -0.15) is 13.2 Å². The number of hydrogen-bond acceptors (Lipinski definition) is 2. The quantitative estimate of drug-likeness (QED) is 0.815. The second-order valence-corrected chi connectivity index (χ2v) is 6.57. The van der Waals surface area contributed by atoms with Crippen LogP contribution >= 0.6 is 0 Å². The number of hydrogen-bond donors (Lipinski definition) is 1. The van der Waals surface area contributed by atoms with Crippen molar-refractivity contribution < 1.29 is 27.1 Å². The van der Waals surface area contributed by atoms with E-state index in [4.69, 9.17) is 4.74 Å². The lowest BCUT2D eigenvalue weighted by Gasteiger charge is -2.39. The molecular weight excluding hydrogens is 340 g/mol. The van der Waals surface area contributed by atoms with E-state index < -0.39 is 30.2 Å². The van der Waals surface area contributed by atoms with Gasteiger partial charge in [0, 0.05) is 17.8 Å². The van der Waals surface area contributed by atoms with Crippen LogP contribution in [0, 0.1) is 11.7 Å². The zero-order chi connectivity index (χ0) is 18.2.